The molecule has 1 atom stereocenters. The first kappa shape index (κ1) is 18.1. The van der Waals surface area contributed by atoms with Gasteiger partial charge in [0.15, 0.2) is 0 Å². The van der Waals surface area contributed by atoms with Gasteiger partial charge in [0.2, 0.25) is 5.91 Å². The van der Waals surface area contributed by atoms with Gasteiger partial charge < -0.3 is 9.47 Å². The summed E-state index contributed by atoms with van der Waals surface area (Å²) in [6, 6.07) is 19.5. The Morgan fingerprint density at radius 1 is 1.04 bits per heavy atom. The van der Waals surface area contributed by atoms with Crippen molar-refractivity contribution in [3.63, 3.8) is 0 Å². The van der Waals surface area contributed by atoms with Crippen LogP contribution in [0, 0.1) is 0 Å². The molecule has 1 heterocycles. The number of cyclic esters (lactones) is 1. The van der Waals surface area contributed by atoms with Crippen LogP contribution in [0.2, 0.25) is 0 Å². The summed E-state index contributed by atoms with van der Waals surface area (Å²) in [6.07, 6.45) is 0.923. The van der Waals surface area contributed by atoms with E-state index < -0.39 is 6.09 Å². The molecule has 0 aliphatic carbocycles. The number of imide groups is 1. The van der Waals surface area contributed by atoms with Gasteiger partial charge in [-0.3, -0.25) is 4.79 Å². The van der Waals surface area contributed by atoms with Gasteiger partial charge in [-0.05, 0) is 24.0 Å². The zero-order valence-corrected chi connectivity index (χ0v) is 14.7. The quantitative estimate of drug-likeness (QED) is 0.681. The first-order valence-corrected chi connectivity index (χ1v) is 8.88. The summed E-state index contributed by atoms with van der Waals surface area (Å²) in [5, 5.41) is 0. The molecule has 5 heteroatoms. The lowest BCUT2D eigenvalue weighted by Gasteiger charge is -2.19. The molecule has 1 aliphatic rings. The van der Waals surface area contributed by atoms with E-state index in [0.717, 1.165) is 11.1 Å². The van der Waals surface area contributed by atoms with Crippen LogP contribution in [0.4, 0.5) is 4.79 Å². The van der Waals surface area contributed by atoms with Gasteiger partial charge in [-0.2, -0.15) is 0 Å². The molecule has 1 saturated heterocycles. The van der Waals surface area contributed by atoms with Gasteiger partial charge in [0.05, 0.1) is 12.6 Å². The van der Waals surface area contributed by atoms with Gasteiger partial charge in [-0.25, -0.2) is 9.69 Å². The SMILES string of the molecule is O=C(CCCOCc1ccccc1)N1C(=O)OCC1Cc1ccccc1. The molecule has 2 aromatic rings. The van der Waals surface area contributed by atoms with Crippen molar-refractivity contribution in [2.45, 2.75) is 31.9 Å². The number of benzene rings is 2. The predicted octanol–water partition coefficient (Wildman–Crippen LogP) is 3.57. The molecule has 2 amide bonds. The summed E-state index contributed by atoms with van der Waals surface area (Å²) in [7, 11) is 0. The van der Waals surface area contributed by atoms with E-state index in [9.17, 15) is 9.59 Å². The van der Waals surface area contributed by atoms with Crippen molar-refractivity contribution in [3.05, 3.63) is 71.8 Å². The molecule has 136 valence electrons. The highest BCUT2D eigenvalue weighted by Gasteiger charge is 2.37. The highest BCUT2D eigenvalue weighted by molar-refractivity contribution is 5.93. The predicted molar refractivity (Wildman–Crippen MR) is 97.5 cm³/mol. The average molecular weight is 353 g/mol. The van der Waals surface area contributed by atoms with Gasteiger partial charge in [0.1, 0.15) is 6.61 Å². The van der Waals surface area contributed by atoms with Crippen molar-refractivity contribution < 1.29 is 19.1 Å². The maximum atomic E-state index is 12.5. The van der Waals surface area contributed by atoms with Crippen molar-refractivity contribution in [3.8, 4) is 0 Å². The largest absolute Gasteiger partial charge is 0.447 e. The lowest BCUT2D eigenvalue weighted by Crippen LogP contribution is -2.40. The van der Waals surface area contributed by atoms with Gasteiger partial charge >= 0.3 is 6.09 Å². The number of carbonyl (C=O) groups is 2. The van der Waals surface area contributed by atoms with Crippen LogP contribution in [-0.2, 0) is 27.3 Å². The number of nitrogens with zero attached hydrogens (tertiary/aromatic N) is 1. The second kappa shape index (κ2) is 9.15. The van der Waals surface area contributed by atoms with Crippen LogP contribution in [-0.4, -0.2) is 36.2 Å². The molecule has 26 heavy (non-hydrogen) atoms. The zero-order valence-electron chi connectivity index (χ0n) is 14.7. The molecule has 0 saturated carbocycles. The fraction of sp³-hybridized carbons (Fsp3) is 0.333. The third kappa shape index (κ3) is 4.92. The van der Waals surface area contributed by atoms with Gasteiger partial charge in [-0.15, -0.1) is 0 Å². The minimum absolute atomic E-state index is 0.197. The molecule has 0 radical (unpaired) electrons. The van der Waals surface area contributed by atoms with E-state index in [2.05, 4.69) is 0 Å². The Labute approximate surface area is 153 Å². The molecule has 0 spiro atoms. The van der Waals surface area contributed by atoms with Crippen molar-refractivity contribution >= 4 is 12.0 Å². The Morgan fingerprint density at radius 3 is 2.38 bits per heavy atom. The van der Waals surface area contributed by atoms with Crippen LogP contribution in [0.1, 0.15) is 24.0 Å². The summed E-state index contributed by atoms with van der Waals surface area (Å²) >= 11 is 0. The Hall–Kier alpha value is -2.66. The summed E-state index contributed by atoms with van der Waals surface area (Å²) in [6.45, 7) is 1.26. The average Bonchev–Trinajstić information content (AvgIpc) is 3.03. The molecule has 0 bridgehead atoms. The van der Waals surface area contributed by atoms with Crippen LogP contribution in [0.5, 0.6) is 0 Å². The molecule has 1 aliphatic heterocycles. The second-order valence-electron chi connectivity index (χ2n) is 6.33. The summed E-state index contributed by atoms with van der Waals surface area (Å²) in [4.78, 5) is 25.7. The molecule has 5 nitrogen and oxygen atoms in total. The van der Waals surface area contributed by atoms with Crippen molar-refractivity contribution in [2.24, 2.45) is 0 Å². The second-order valence-corrected chi connectivity index (χ2v) is 6.33. The van der Waals surface area contributed by atoms with E-state index in [1.807, 2.05) is 60.7 Å². The summed E-state index contributed by atoms with van der Waals surface area (Å²) < 4.78 is 10.7. The standard InChI is InChI=1S/C21H23NO4/c23-20(12-7-13-25-15-18-10-5-2-6-11-18)22-19(16-26-21(22)24)14-17-8-3-1-4-9-17/h1-6,8-11,19H,7,12-16H2. The molecule has 0 aromatic heterocycles. The maximum absolute atomic E-state index is 12.5. The first-order chi connectivity index (χ1) is 12.7. The molecule has 2 aromatic carbocycles. The Bertz CT molecular complexity index is 717. The van der Waals surface area contributed by atoms with Gasteiger partial charge in [0.25, 0.3) is 0 Å². The number of amides is 2. The van der Waals surface area contributed by atoms with Crippen LogP contribution >= 0.6 is 0 Å². The van der Waals surface area contributed by atoms with Gasteiger partial charge in [0, 0.05) is 13.0 Å². The van der Waals surface area contributed by atoms with E-state index in [-0.39, 0.29) is 25.0 Å². The number of rotatable bonds is 8. The lowest BCUT2D eigenvalue weighted by atomic mass is 10.1. The van der Waals surface area contributed by atoms with E-state index in [0.29, 0.717) is 26.1 Å². The number of ether oxygens (including phenoxy) is 2. The first-order valence-electron chi connectivity index (χ1n) is 8.88. The maximum Gasteiger partial charge on any atom is 0.416 e. The number of carbonyl (C=O) groups excluding carboxylic acids is 2. The number of hydrogen-bond acceptors (Lipinski definition) is 4. The molecular formula is C21H23NO4. The summed E-state index contributed by atoms with van der Waals surface area (Å²) in [5.74, 6) is -0.197. The molecule has 1 fully saturated rings. The fourth-order valence-corrected chi connectivity index (χ4v) is 3.01. The fourth-order valence-electron chi connectivity index (χ4n) is 3.01. The monoisotopic (exact) mass is 353 g/mol. The number of hydrogen-bond donors (Lipinski definition) is 0. The third-order valence-corrected chi connectivity index (χ3v) is 4.33. The van der Waals surface area contributed by atoms with E-state index in [4.69, 9.17) is 9.47 Å². The van der Waals surface area contributed by atoms with Crippen LogP contribution < -0.4 is 0 Å². The molecular weight excluding hydrogens is 330 g/mol. The topological polar surface area (TPSA) is 55.8 Å². The van der Waals surface area contributed by atoms with Crippen LogP contribution in [0.15, 0.2) is 60.7 Å². The summed E-state index contributed by atoms with van der Waals surface area (Å²) in [5.41, 5.74) is 2.18. The minimum Gasteiger partial charge on any atom is -0.447 e. The van der Waals surface area contributed by atoms with E-state index in [1.165, 1.54) is 4.90 Å². The van der Waals surface area contributed by atoms with Crippen LogP contribution in [0.25, 0.3) is 0 Å². The van der Waals surface area contributed by atoms with Crippen molar-refractivity contribution in [1.29, 1.82) is 0 Å². The normalized spacial score (nSPS) is 16.5. The van der Waals surface area contributed by atoms with Crippen molar-refractivity contribution in [2.75, 3.05) is 13.2 Å². The third-order valence-electron chi connectivity index (χ3n) is 4.33. The Balaban J connectivity index is 1.44. The lowest BCUT2D eigenvalue weighted by molar-refractivity contribution is -0.129. The molecule has 0 N–H and O–H groups in total. The molecule has 1 unspecified atom stereocenters. The van der Waals surface area contributed by atoms with E-state index >= 15 is 0 Å². The Kier molecular flexibility index (Phi) is 6.39. The molecule has 3 rings (SSSR count). The highest BCUT2D eigenvalue weighted by Crippen LogP contribution is 2.19. The van der Waals surface area contributed by atoms with Crippen molar-refractivity contribution in [1.82, 2.24) is 4.90 Å². The Morgan fingerprint density at radius 2 is 1.69 bits per heavy atom. The van der Waals surface area contributed by atoms with Gasteiger partial charge in [-0.1, -0.05) is 60.7 Å². The smallest absolute Gasteiger partial charge is 0.416 e. The van der Waals surface area contributed by atoms with E-state index in [1.54, 1.807) is 0 Å². The minimum atomic E-state index is -0.541. The zero-order chi connectivity index (χ0) is 18.2. The van der Waals surface area contributed by atoms with Crippen LogP contribution in [0.3, 0.4) is 0 Å². The highest BCUT2D eigenvalue weighted by atomic mass is 16.6.